The highest BCUT2D eigenvalue weighted by Crippen LogP contribution is 2.37. The number of nitrogens with one attached hydrogen (secondary N) is 1. The van der Waals surface area contributed by atoms with Gasteiger partial charge in [0, 0.05) is 12.4 Å². The van der Waals surface area contributed by atoms with Crippen LogP contribution in [0.1, 0.15) is 40.6 Å². The lowest BCUT2D eigenvalue weighted by atomic mass is 9.76. The van der Waals surface area contributed by atoms with Crippen molar-refractivity contribution in [2.45, 2.75) is 31.6 Å². The molecule has 1 saturated carbocycles. The van der Waals surface area contributed by atoms with Crippen LogP contribution in [-0.2, 0) is 6.61 Å². The summed E-state index contributed by atoms with van der Waals surface area (Å²) in [6.07, 6.45) is 4.17. The lowest BCUT2D eigenvalue weighted by molar-refractivity contribution is 0.0227. The number of nitrogens with zero attached hydrogens (tertiary/aromatic N) is 2. The molecular formula is C17H19N3O3. The third kappa shape index (κ3) is 3.55. The molecule has 120 valence electrons. The first-order chi connectivity index (χ1) is 11.2. The number of amides is 1. The zero-order valence-electron chi connectivity index (χ0n) is 12.6. The molecule has 6 heteroatoms. The Labute approximate surface area is 134 Å². The first kappa shape index (κ1) is 15.6. The van der Waals surface area contributed by atoms with Gasteiger partial charge in [0.25, 0.3) is 5.91 Å². The quantitative estimate of drug-likeness (QED) is 0.771. The van der Waals surface area contributed by atoms with Crippen LogP contribution in [0.4, 0.5) is 0 Å². The molecule has 1 fully saturated rings. The fraction of sp³-hybridized carbons (Fsp3) is 0.353. The van der Waals surface area contributed by atoms with E-state index in [0.29, 0.717) is 18.4 Å². The van der Waals surface area contributed by atoms with E-state index in [0.717, 1.165) is 5.69 Å². The van der Waals surface area contributed by atoms with E-state index in [2.05, 4.69) is 15.3 Å². The van der Waals surface area contributed by atoms with Crippen LogP contribution >= 0.6 is 0 Å². The molecule has 23 heavy (non-hydrogen) atoms. The second-order valence-electron chi connectivity index (χ2n) is 5.80. The van der Waals surface area contributed by atoms with Gasteiger partial charge in [-0.3, -0.25) is 14.8 Å². The van der Waals surface area contributed by atoms with Crippen LogP contribution in [0.25, 0.3) is 0 Å². The number of aromatic nitrogens is 2. The van der Waals surface area contributed by atoms with Crippen LogP contribution in [0.2, 0.25) is 0 Å². The van der Waals surface area contributed by atoms with Gasteiger partial charge in [-0.1, -0.05) is 6.07 Å². The van der Waals surface area contributed by atoms with Crippen molar-refractivity contribution in [2.24, 2.45) is 5.92 Å². The lowest BCUT2D eigenvalue weighted by Gasteiger charge is -2.37. The summed E-state index contributed by atoms with van der Waals surface area (Å²) in [7, 11) is 0. The Kier molecular flexibility index (Phi) is 4.64. The van der Waals surface area contributed by atoms with E-state index in [1.165, 1.54) is 6.20 Å². The van der Waals surface area contributed by atoms with Gasteiger partial charge in [-0.15, -0.1) is 0 Å². The molecule has 2 heterocycles. The van der Waals surface area contributed by atoms with Gasteiger partial charge in [0.15, 0.2) is 0 Å². The SMILES string of the molecule is O=C(N[C@H](c1ccccn1)C1CC(O)C1)c1cc(CO)ccn1. The van der Waals surface area contributed by atoms with Gasteiger partial charge >= 0.3 is 0 Å². The average molecular weight is 313 g/mol. The van der Waals surface area contributed by atoms with Gasteiger partial charge in [-0.05, 0) is 48.6 Å². The maximum atomic E-state index is 12.5. The zero-order valence-corrected chi connectivity index (χ0v) is 12.6. The fourth-order valence-electron chi connectivity index (χ4n) is 2.81. The van der Waals surface area contributed by atoms with E-state index >= 15 is 0 Å². The molecule has 2 aromatic rings. The van der Waals surface area contributed by atoms with Crippen LogP contribution in [0.5, 0.6) is 0 Å². The average Bonchev–Trinajstić information content (AvgIpc) is 2.58. The number of carbonyl (C=O) groups is 1. The predicted octanol–water partition coefficient (Wildman–Crippen LogP) is 1.21. The molecule has 3 N–H and O–H groups in total. The van der Waals surface area contributed by atoms with Crippen molar-refractivity contribution in [1.82, 2.24) is 15.3 Å². The van der Waals surface area contributed by atoms with Crippen LogP contribution in [0.3, 0.4) is 0 Å². The molecule has 1 aliphatic rings. The highest BCUT2D eigenvalue weighted by Gasteiger charge is 2.36. The first-order valence-corrected chi connectivity index (χ1v) is 7.63. The van der Waals surface area contributed by atoms with Crippen LogP contribution < -0.4 is 5.32 Å². The second-order valence-corrected chi connectivity index (χ2v) is 5.80. The van der Waals surface area contributed by atoms with E-state index in [-0.39, 0.29) is 36.3 Å². The van der Waals surface area contributed by atoms with E-state index in [4.69, 9.17) is 0 Å². The summed E-state index contributed by atoms with van der Waals surface area (Å²) < 4.78 is 0. The topological polar surface area (TPSA) is 95.3 Å². The van der Waals surface area contributed by atoms with E-state index < -0.39 is 0 Å². The molecule has 0 radical (unpaired) electrons. The number of hydrogen-bond donors (Lipinski definition) is 3. The van der Waals surface area contributed by atoms with Gasteiger partial charge in [0.1, 0.15) is 5.69 Å². The minimum Gasteiger partial charge on any atom is -0.393 e. The van der Waals surface area contributed by atoms with Crippen molar-refractivity contribution in [2.75, 3.05) is 0 Å². The predicted molar refractivity (Wildman–Crippen MR) is 83.3 cm³/mol. The molecule has 0 aliphatic heterocycles. The molecule has 1 atom stereocenters. The van der Waals surface area contributed by atoms with Crippen LogP contribution in [-0.4, -0.2) is 32.2 Å². The highest BCUT2D eigenvalue weighted by molar-refractivity contribution is 5.92. The van der Waals surface area contributed by atoms with E-state index in [1.807, 2.05) is 18.2 Å². The van der Waals surface area contributed by atoms with Gasteiger partial charge < -0.3 is 15.5 Å². The maximum absolute atomic E-state index is 12.5. The molecule has 0 bridgehead atoms. The smallest absolute Gasteiger partial charge is 0.270 e. The maximum Gasteiger partial charge on any atom is 0.270 e. The van der Waals surface area contributed by atoms with Gasteiger partial charge in [-0.25, -0.2) is 0 Å². The lowest BCUT2D eigenvalue weighted by Crippen LogP contribution is -2.42. The summed E-state index contributed by atoms with van der Waals surface area (Å²) in [5.74, 6) is -0.151. The van der Waals surface area contributed by atoms with Crippen LogP contribution in [0.15, 0.2) is 42.7 Å². The molecule has 0 spiro atoms. The van der Waals surface area contributed by atoms with E-state index in [9.17, 15) is 15.0 Å². The summed E-state index contributed by atoms with van der Waals surface area (Å²) in [5.41, 5.74) is 1.67. The van der Waals surface area contributed by atoms with Gasteiger partial charge in [0.2, 0.25) is 0 Å². The van der Waals surface area contributed by atoms with Crippen molar-refractivity contribution in [1.29, 1.82) is 0 Å². The van der Waals surface area contributed by atoms with Crippen molar-refractivity contribution in [3.63, 3.8) is 0 Å². The molecule has 6 nitrogen and oxygen atoms in total. The summed E-state index contributed by atoms with van der Waals surface area (Å²) in [6, 6.07) is 8.54. The van der Waals surface area contributed by atoms with Gasteiger partial charge in [0.05, 0.1) is 24.4 Å². The molecule has 3 rings (SSSR count). The second kappa shape index (κ2) is 6.85. The Balaban J connectivity index is 1.79. The zero-order chi connectivity index (χ0) is 16.2. The largest absolute Gasteiger partial charge is 0.393 e. The minimum atomic E-state index is -0.308. The Morgan fingerprint density at radius 3 is 2.74 bits per heavy atom. The van der Waals surface area contributed by atoms with Crippen molar-refractivity contribution in [3.05, 3.63) is 59.7 Å². The standard InChI is InChI=1S/C17H19N3O3/c21-10-11-4-6-19-15(7-11)17(23)20-16(12-8-13(22)9-12)14-3-1-2-5-18-14/h1-7,12-13,16,21-22H,8-10H2,(H,20,23)/t12?,13?,16-/m0/s1. The molecular weight excluding hydrogens is 294 g/mol. The third-order valence-corrected chi connectivity index (χ3v) is 4.15. The minimum absolute atomic E-state index is 0.138. The van der Waals surface area contributed by atoms with Crippen molar-refractivity contribution < 1.29 is 15.0 Å². The molecule has 0 aromatic carbocycles. The number of hydrogen-bond acceptors (Lipinski definition) is 5. The summed E-state index contributed by atoms with van der Waals surface area (Å²) in [4.78, 5) is 20.9. The first-order valence-electron chi connectivity index (χ1n) is 7.63. The summed E-state index contributed by atoms with van der Waals surface area (Å²) >= 11 is 0. The summed E-state index contributed by atoms with van der Waals surface area (Å²) in [5, 5.41) is 21.7. The molecule has 1 amide bonds. The highest BCUT2D eigenvalue weighted by atomic mass is 16.3. The molecule has 2 aromatic heterocycles. The number of aliphatic hydroxyl groups excluding tert-OH is 2. The van der Waals surface area contributed by atoms with Gasteiger partial charge in [-0.2, -0.15) is 0 Å². The number of pyridine rings is 2. The molecule has 0 unspecified atom stereocenters. The Bertz CT molecular complexity index is 672. The Hall–Kier alpha value is -2.31. The normalized spacial score (nSPS) is 21.3. The van der Waals surface area contributed by atoms with Crippen molar-refractivity contribution in [3.8, 4) is 0 Å². The third-order valence-electron chi connectivity index (χ3n) is 4.15. The molecule has 1 aliphatic carbocycles. The number of aliphatic hydroxyl groups is 2. The number of carbonyl (C=O) groups excluding carboxylic acids is 1. The summed E-state index contributed by atoms with van der Waals surface area (Å²) in [6.45, 7) is -0.138. The Morgan fingerprint density at radius 2 is 2.09 bits per heavy atom. The Morgan fingerprint density at radius 1 is 1.26 bits per heavy atom. The number of rotatable bonds is 5. The van der Waals surface area contributed by atoms with Crippen LogP contribution in [0, 0.1) is 5.92 Å². The fourth-order valence-corrected chi connectivity index (χ4v) is 2.81. The van der Waals surface area contributed by atoms with E-state index in [1.54, 1.807) is 18.3 Å². The monoisotopic (exact) mass is 313 g/mol. The molecule has 0 saturated heterocycles. The van der Waals surface area contributed by atoms with Crippen molar-refractivity contribution >= 4 is 5.91 Å².